The summed E-state index contributed by atoms with van der Waals surface area (Å²) in [5.74, 6) is -2.92. The second kappa shape index (κ2) is 4.84. The van der Waals surface area contributed by atoms with Gasteiger partial charge in [-0.1, -0.05) is 6.07 Å². The highest BCUT2D eigenvalue weighted by Gasteiger charge is 2.15. The van der Waals surface area contributed by atoms with Crippen LogP contribution in [0.25, 0.3) is 0 Å². The van der Waals surface area contributed by atoms with Gasteiger partial charge in [0, 0.05) is 6.04 Å². The first-order valence-electron chi connectivity index (χ1n) is 4.38. The molecule has 0 fully saturated rings. The van der Waals surface area contributed by atoms with Gasteiger partial charge in [0.25, 0.3) is 0 Å². The van der Waals surface area contributed by atoms with Crippen LogP contribution in [0.3, 0.4) is 0 Å². The highest BCUT2D eigenvalue weighted by Crippen LogP contribution is 2.18. The molecule has 5 heteroatoms. The largest absolute Gasteiger partial charge is 0.481 e. The Morgan fingerprint density at radius 1 is 1.47 bits per heavy atom. The molecule has 0 aliphatic rings. The van der Waals surface area contributed by atoms with Gasteiger partial charge in [0.15, 0.2) is 11.6 Å². The van der Waals surface area contributed by atoms with E-state index in [-0.39, 0.29) is 6.42 Å². The van der Waals surface area contributed by atoms with Gasteiger partial charge in [-0.25, -0.2) is 8.78 Å². The summed E-state index contributed by atoms with van der Waals surface area (Å²) in [6.45, 7) is 0. The zero-order valence-electron chi connectivity index (χ0n) is 8.13. The van der Waals surface area contributed by atoms with Gasteiger partial charge >= 0.3 is 5.97 Å². The van der Waals surface area contributed by atoms with Crippen molar-refractivity contribution >= 4 is 5.97 Å². The Hall–Kier alpha value is -1.49. The lowest BCUT2D eigenvalue weighted by atomic mass is 10.0. The number of hydrogen-bond acceptors (Lipinski definition) is 2. The van der Waals surface area contributed by atoms with Crippen molar-refractivity contribution < 1.29 is 18.7 Å². The molecule has 1 rings (SSSR count). The Kier molecular flexibility index (Phi) is 3.74. The van der Waals surface area contributed by atoms with E-state index in [1.807, 2.05) is 0 Å². The van der Waals surface area contributed by atoms with Gasteiger partial charge < -0.3 is 10.4 Å². The zero-order valence-corrected chi connectivity index (χ0v) is 8.13. The molecule has 1 aromatic carbocycles. The minimum Gasteiger partial charge on any atom is -0.481 e. The molecule has 0 aliphatic heterocycles. The summed E-state index contributed by atoms with van der Waals surface area (Å²) >= 11 is 0. The number of nitrogens with one attached hydrogen (secondary N) is 1. The average molecular weight is 215 g/mol. The Morgan fingerprint density at radius 2 is 2.13 bits per heavy atom. The third-order valence-corrected chi connectivity index (χ3v) is 2.07. The topological polar surface area (TPSA) is 49.3 Å². The average Bonchev–Trinajstić information content (AvgIpc) is 2.18. The van der Waals surface area contributed by atoms with Crippen LogP contribution >= 0.6 is 0 Å². The minimum absolute atomic E-state index is 0.179. The highest BCUT2D eigenvalue weighted by atomic mass is 19.2. The number of aliphatic carboxylic acids is 1. The van der Waals surface area contributed by atoms with Crippen LogP contribution in [0.5, 0.6) is 0 Å². The Labute approximate surface area is 85.7 Å². The molecule has 0 bridgehead atoms. The third kappa shape index (κ3) is 2.99. The SMILES string of the molecule is CNC(CC(=O)O)c1ccc(F)c(F)c1. The first-order chi connectivity index (χ1) is 7.04. The Morgan fingerprint density at radius 3 is 2.60 bits per heavy atom. The summed E-state index contributed by atoms with van der Waals surface area (Å²) < 4.78 is 25.5. The quantitative estimate of drug-likeness (QED) is 0.803. The van der Waals surface area contributed by atoms with Crippen molar-refractivity contribution in [1.29, 1.82) is 0 Å². The summed E-state index contributed by atoms with van der Waals surface area (Å²) in [6.07, 6.45) is -0.179. The van der Waals surface area contributed by atoms with Crippen LogP contribution in [-0.2, 0) is 4.79 Å². The van der Waals surface area contributed by atoms with Crippen molar-refractivity contribution in [3.8, 4) is 0 Å². The normalized spacial score (nSPS) is 12.5. The van der Waals surface area contributed by atoms with Crippen LogP contribution < -0.4 is 5.32 Å². The number of carboxylic acid groups (broad SMARTS) is 1. The number of rotatable bonds is 4. The number of hydrogen-bond donors (Lipinski definition) is 2. The molecule has 0 saturated heterocycles. The van der Waals surface area contributed by atoms with Crippen LogP contribution in [-0.4, -0.2) is 18.1 Å². The summed E-state index contributed by atoms with van der Waals surface area (Å²) in [7, 11) is 1.56. The van der Waals surface area contributed by atoms with E-state index in [0.29, 0.717) is 5.56 Å². The van der Waals surface area contributed by atoms with Crippen molar-refractivity contribution in [2.24, 2.45) is 0 Å². The molecule has 0 radical (unpaired) electrons. The Balaban J connectivity index is 2.92. The fourth-order valence-electron chi connectivity index (χ4n) is 1.29. The zero-order chi connectivity index (χ0) is 11.4. The van der Waals surface area contributed by atoms with Gasteiger partial charge in [0.1, 0.15) is 0 Å². The standard InChI is InChI=1S/C10H11F2NO2/c1-13-9(5-10(14)15)6-2-3-7(11)8(12)4-6/h2-4,9,13H,5H2,1H3,(H,14,15). The van der Waals surface area contributed by atoms with Crippen molar-refractivity contribution in [1.82, 2.24) is 5.32 Å². The number of halogens is 2. The predicted molar refractivity (Wildman–Crippen MR) is 50.4 cm³/mol. The van der Waals surface area contributed by atoms with Gasteiger partial charge in [-0.15, -0.1) is 0 Å². The molecule has 0 spiro atoms. The van der Waals surface area contributed by atoms with E-state index in [0.717, 1.165) is 12.1 Å². The van der Waals surface area contributed by atoms with E-state index in [2.05, 4.69) is 5.32 Å². The molecule has 82 valence electrons. The molecular weight excluding hydrogens is 204 g/mol. The van der Waals surface area contributed by atoms with Crippen LogP contribution in [0.2, 0.25) is 0 Å². The van der Waals surface area contributed by atoms with E-state index in [1.165, 1.54) is 6.07 Å². The summed E-state index contributed by atoms with van der Waals surface area (Å²) in [5, 5.41) is 11.3. The second-order valence-electron chi connectivity index (χ2n) is 3.11. The molecule has 1 atom stereocenters. The van der Waals surface area contributed by atoms with Gasteiger partial charge in [-0.3, -0.25) is 4.79 Å². The van der Waals surface area contributed by atoms with Crippen LogP contribution in [0.15, 0.2) is 18.2 Å². The van der Waals surface area contributed by atoms with Gasteiger partial charge in [0.05, 0.1) is 6.42 Å². The highest BCUT2D eigenvalue weighted by molar-refractivity contribution is 5.67. The molecule has 0 saturated carbocycles. The number of benzene rings is 1. The minimum atomic E-state index is -1.00. The lowest BCUT2D eigenvalue weighted by Crippen LogP contribution is -2.20. The van der Waals surface area contributed by atoms with Crippen molar-refractivity contribution in [3.63, 3.8) is 0 Å². The maximum atomic E-state index is 12.9. The molecule has 0 aliphatic carbocycles. The van der Waals surface area contributed by atoms with Crippen molar-refractivity contribution in [2.75, 3.05) is 7.05 Å². The maximum absolute atomic E-state index is 12.9. The molecule has 0 aromatic heterocycles. The van der Waals surface area contributed by atoms with Gasteiger partial charge in [0.2, 0.25) is 0 Å². The van der Waals surface area contributed by atoms with E-state index in [9.17, 15) is 13.6 Å². The number of carbonyl (C=O) groups is 1. The first kappa shape index (κ1) is 11.6. The summed E-state index contributed by atoms with van der Waals surface area (Å²) in [4.78, 5) is 10.5. The van der Waals surface area contributed by atoms with Crippen LogP contribution in [0.1, 0.15) is 18.0 Å². The van der Waals surface area contributed by atoms with Crippen molar-refractivity contribution in [2.45, 2.75) is 12.5 Å². The molecule has 15 heavy (non-hydrogen) atoms. The molecule has 2 N–H and O–H groups in total. The summed E-state index contributed by atoms with van der Waals surface area (Å²) in [6, 6.07) is 2.83. The summed E-state index contributed by atoms with van der Waals surface area (Å²) in [5.41, 5.74) is 0.416. The van der Waals surface area contributed by atoms with Crippen LogP contribution in [0.4, 0.5) is 8.78 Å². The second-order valence-corrected chi connectivity index (χ2v) is 3.11. The molecule has 1 unspecified atom stereocenters. The van der Waals surface area contributed by atoms with E-state index in [4.69, 9.17) is 5.11 Å². The maximum Gasteiger partial charge on any atom is 0.305 e. The molecule has 1 aromatic rings. The molecular formula is C10H11F2NO2. The fraction of sp³-hybridized carbons (Fsp3) is 0.300. The number of carboxylic acids is 1. The van der Waals surface area contributed by atoms with Crippen molar-refractivity contribution in [3.05, 3.63) is 35.4 Å². The monoisotopic (exact) mass is 215 g/mol. The third-order valence-electron chi connectivity index (χ3n) is 2.07. The fourth-order valence-corrected chi connectivity index (χ4v) is 1.29. The molecule has 3 nitrogen and oxygen atoms in total. The van der Waals surface area contributed by atoms with Gasteiger partial charge in [-0.2, -0.15) is 0 Å². The first-order valence-corrected chi connectivity index (χ1v) is 4.38. The lowest BCUT2D eigenvalue weighted by Gasteiger charge is -2.14. The Bertz CT molecular complexity index is 368. The van der Waals surface area contributed by atoms with E-state index < -0.39 is 23.6 Å². The molecule has 0 heterocycles. The van der Waals surface area contributed by atoms with E-state index >= 15 is 0 Å². The van der Waals surface area contributed by atoms with E-state index in [1.54, 1.807) is 7.05 Å². The molecule has 0 amide bonds. The van der Waals surface area contributed by atoms with Crippen LogP contribution in [0, 0.1) is 11.6 Å². The lowest BCUT2D eigenvalue weighted by molar-refractivity contribution is -0.137. The predicted octanol–water partition coefficient (Wildman–Crippen LogP) is 1.70. The van der Waals surface area contributed by atoms with Gasteiger partial charge in [-0.05, 0) is 24.7 Å². The smallest absolute Gasteiger partial charge is 0.305 e.